The van der Waals surface area contributed by atoms with Crippen molar-refractivity contribution in [2.45, 2.75) is 6.18 Å². The van der Waals surface area contributed by atoms with Crippen LogP contribution in [0.15, 0.2) is 42.9 Å². The van der Waals surface area contributed by atoms with Crippen LogP contribution in [-0.2, 0) is 6.18 Å². The van der Waals surface area contributed by atoms with E-state index in [0.717, 1.165) is 23.2 Å². The summed E-state index contributed by atoms with van der Waals surface area (Å²) < 4.78 is 37.4. The van der Waals surface area contributed by atoms with Gasteiger partial charge in [-0.25, -0.2) is 9.97 Å². The SMILES string of the molecule is FC(F)(F)c1ccc(-c2cnc3nc[nH]c3c2)cc1. The smallest absolute Gasteiger partial charge is 0.343 e. The van der Waals surface area contributed by atoms with Crippen LogP contribution in [-0.4, -0.2) is 15.0 Å². The monoisotopic (exact) mass is 263 g/mol. The molecule has 3 nitrogen and oxygen atoms in total. The highest BCUT2D eigenvalue weighted by Crippen LogP contribution is 2.31. The fourth-order valence-corrected chi connectivity index (χ4v) is 1.84. The van der Waals surface area contributed by atoms with Gasteiger partial charge in [0.25, 0.3) is 0 Å². The zero-order valence-corrected chi connectivity index (χ0v) is 9.57. The van der Waals surface area contributed by atoms with Crippen LogP contribution < -0.4 is 0 Å². The maximum atomic E-state index is 12.5. The van der Waals surface area contributed by atoms with Gasteiger partial charge in [0, 0.05) is 11.8 Å². The van der Waals surface area contributed by atoms with E-state index in [4.69, 9.17) is 0 Å². The van der Waals surface area contributed by atoms with Gasteiger partial charge >= 0.3 is 6.18 Å². The average Bonchev–Trinajstić information content (AvgIpc) is 2.85. The Balaban J connectivity index is 2.01. The molecule has 0 aliphatic rings. The van der Waals surface area contributed by atoms with Gasteiger partial charge in [-0.05, 0) is 23.8 Å². The summed E-state index contributed by atoms with van der Waals surface area (Å²) in [6.07, 6.45) is -1.20. The number of hydrogen-bond acceptors (Lipinski definition) is 2. The van der Waals surface area contributed by atoms with Gasteiger partial charge < -0.3 is 4.98 Å². The molecular formula is C13H8F3N3. The Bertz CT molecular complexity index is 714. The first-order valence-corrected chi connectivity index (χ1v) is 5.51. The molecule has 0 fully saturated rings. The summed E-state index contributed by atoms with van der Waals surface area (Å²) in [6.45, 7) is 0. The van der Waals surface area contributed by atoms with Gasteiger partial charge in [0.05, 0.1) is 17.4 Å². The normalized spacial score (nSPS) is 11.9. The molecule has 1 N–H and O–H groups in total. The maximum absolute atomic E-state index is 12.5. The number of H-pyrrole nitrogens is 1. The molecule has 96 valence electrons. The lowest BCUT2D eigenvalue weighted by atomic mass is 10.1. The number of aromatic amines is 1. The summed E-state index contributed by atoms with van der Waals surface area (Å²) in [4.78, 5) is 11.0. The minimum absolute atomic E-state index is 0.579. The van der Waals surface area contributed by atoms with Crippen molar-refractivity contribution < 1.29 is 13.2 Å². The second kappa shape index (κ2) is 4.08. The molecule has 0 amide bonds. The zero-order valence-electron chi connectivity index (χ0n) is 9.57. The summed E-state index contributed by atoms with van der Waals surface area (Å²) in [5, 5.41) is 0. The van der Waals surface area contributed by atoms with Crippen LogP contribution in [0.25, 0.3) is 22.3 Å². The molecule has 6 heteroatoms. The number of nitrogens with one attached hydrogen (secondary N) is 1. The predicted molar refractivity (Wildman–Crippen MR) is 64.3 cm³/mol. The largest absolute Gasteiger partial charge is 0.416 e. The van der Waals surface area contributed by atoms with Gasteiger partial charge in [-0.15, -0.1) is 0 Å². The molecular weight excluding hydrogens is 255 g/mol. The van der Waals surface area contributed by atoms with Crippen LogP contribution in [0.1, 0.15) is 5.56 Å². The molecule has 1 aromatic carbocycles. The molecule has 19 heavy (non-hydrogen) atoms. The van der Waals surface area contributed by atoms with E-state index in [9.17, 15) is 13.2 Å². The standard InChI is InChI=1S/C13H8F3N3/c14-13(15,16)10-3-1-8(2-4-10)9-5-11-12(17-6-9)19-7-18-11/h1-7H,(H,17,18,19). The molecule has 2 aromatic heterocycles. The van der Waals surface area contributed by atoms with E-state index in [1.54, 1.807) is 12.3 Å². The lowest BCUT2D eigenvalue weighted by Crippen LogP contribution is -2.03. The first-order valence-electron chi connectivity index (χ1n) is 5.51. The minimum Gasteiger partial charge on any atom is -0.343 e. The van der Waals surface area contributed by atoms with Crippen molar-refractivity contribution in [3.05, 3.63) is 48.4 Å². The third-order valence-corrected chi connectivity index (χ3v) is 2.82. The molecule has 0 unspecified atom stereocenters. The molecule has 0 bridgehead atoms. The summed E-state index contributed by atoms with van der Waals surface area (Å²) in [5.74, 6) is 0. The van der Waals surface area contributed by atoms with Crippen molar-refractivity contribution in [1.82, 2.24) is 15.0 Å². The molecule has 2 heterocycles. The molecule has 3 rings (SSSR count). The van der Waals surface area contributed by atoms with Gasteiger partial charge in [-0.3, -0.25) is 0 Å². The fraction of sp³-hybridized carbons (Fsp3) is 0.0769. The lowest BCUT2D eigenvalue weighted by molar-refractivity contribution is -0.137. The van der Waals surface area contributed by atoms with Crippen molar-refractivity contribution in [3.63, 3.8) is 0 Å². The lowest BCUT2D eigenvalue weighted by Gasteiger charge is -2.07. The van der Waals surface area contributed by atoms with Gasteiger partial charge in [0.2, 0.25) is 0 Å². The van der Waals surface area contributed by atoms with Gasteiger partial charge in [0.15, 0.2) is 5.65 Å². The third-order valence-electron chi connectivity index (χ3n) is 2.82. The molecule has 0 aliphatic carbocycles. The molecule has 0 aliphatic heterocycles. The topological polar surface area (TPSA) is 41.6 Å². The minimum atomic E-state index is -4.32. The molecule has 0 radical (unpaired) electrons. The first kappa shape index (κ1) is 11.7. The van der Waals surface area contributed by atoms with E-state index in [1.165, 1.54) is 18.5 Å². The predicted octanol–water partition coefficient (Wildman–Crippen LogP) is 3.64. The third kappa shape index (κ3) is 2.16. The summed E-state index contributed by atoms with van der Waals surface area (Å²) in [7, 11) is 0. The average molecular weight is 263 g/mol. The summed E-state index contributed by atoms with van der Waals surface area (Å²) >= 11 is 0. The number of aromatic nitrogens is 3. The van der Waals surface area contributed by atoms with E-state index < -0.39 is 11.7 Å². The molecule has 0 spiro atoms. The van der Waals surface area contributed by atoms with Gasteiger partial charge in [0.1, 0.15) is 0 Å². The number of fused-ring (bicyclic) bond motifs is 1. The molecule has 0 atom stereocenters. The maximum Gasteiger partial charge on any atom is 0.416 e. The quantitative estimate of drug-likeness (QED) is 0.728. The number of alkyl halides is 3. The van der Waals surface area contributed by atoms with Crippen LogP contribution in [0.2, 0.25) is 0 Å². The Labute approximate surface area is 106 Å². The van der Waals surface area contributed by atoms with Crippen molar-refractivity contribution in [2.24, 2.45) is 0 Å². The summed E-state index contributed by atoms with van der Waals surface area (Å²) in [5.41, 5.74) is 2.09. The van der Waals surface area contributed by atoms with Crippen LogP contribution in [0.5, 0.6) is 0 Å². The van der Waals surface area contributed by atoms with E-state index >= 15 is 0 Å². The number of pyridine rings is 1. The number of nitrogens with zero attached hydrogens (tertiary/aromatic N) is 2. The highest BCUT2D eigenvalue weighted by molar-refractivity contribution is 5.77. The van der Waals surface area contributed by atoms with E-state index in [0.29, 0.717) is 11.2 Å². The number of hydrogen-bond donors (Lipinski definition) is 1. The Hall–Kier alpha value is -2.37. The zero-order chi connectivity index (χ0) is 13.5. The molecule has 0 saturated carbocycles. The second-order valence-electron chi connectivity index (χ2n) is 4.07. The van der Waals surface area contributed by atoms with Crippen molar-refractivity contribution in [2.75, 3.05) is 0 Å². The number of rotatable bonds is 1. The highest BCUT2D eigenvalue weighted by atomic mass is 19.4. The van der Waals surface area contributed by atoms with Crippen LogP contribution in [0.4, 0.5) is 13.2 Å². The molecule has 0 saturated heterocycles. The second-order valence-corrected chi connectivity index (χ2v) is 4.07. The highest BCUT2D eigenvalue weighted by Gasteiger charge is 2.29. The van der Waals surface area contributed by atoms with E-state index in [-0.39, 0.29) is 0 Å². The van der Waals surface area contributed by atoms with E-state index in [1.807, 2.05) is 0 Å². The van der Waals surface area contributed by atoms with Gasteiger partial charge in [-0.2, -0.15) is 13.2 Å². The van der Waals surface area contributed by atoms with Crippen molar-refractivity contribution in [3.8, 4) is 11.1 Å². The van der Waals surface area contributed by atoms with Crippen LogP contribution in [0.3, 0.4) is 0 Å². The fourth-order valence-electron chi connectivity index (χ4n) is 1.84. The Morgan fingerprint density at radius 3 is 2.37 bits per heavy atom. The van der Waals surface area contributed by atoms with Crippen molar-refractivity contribution >= 4 is 11.2 Å². The van der Waals surface area contributed by atoms with Crippen LogP contribution in [0, 0.1) is 0 Å². The van der Waals surface area contributed by atoms with Gasteiger partial charge in [-0.1, -0.05) is 12.1 Å². The first-order chi connectivity index (χ1) is 9.04. The number of halogens is 3. The number of imidazole rings is 1. The molecule has 3 aromatic rings. The van der Waals surface area contributed by atoms with Crippen molar-refractivity contribution in [1.29, 1.82) is 0 Å². The number of benzene rings is 1. The Morgan fingerprint density at radius 1 is 0.947 bits per heavy atom. The Morgan fingerprint density at radius 2 is 1.68 bits per heavy atom. The van der Waals surface area contributed by atoms with E-state index in [2.05, 4.69) is 15.0 Å². The van der Waals surface area contributed by atoms with Crippen LogP contribution >= 0.6 is 0 Å². The summed E-state index contributed by atoms with van der Waals surface area (Å²) in [6, 6.07) is 6.79. The Kier molecular flexibility index (Phi) is 2.51.